The number of halogens is 12. The zero-order chi connectivity index (χ0) is 38.1. The Hall–Kier alpha value is -5.54. The van der Waals surface area contributed by atoms with Crippen LogP contribution in [0.5, 0.6) is 0 Å². The van der Waals surface area contributed by atoms with Gasteiger partial charge in [-0.2, -0.15) is 62.9 Å². The lowest BCUT2D eigenvalue weighted by molar-refractivity contribution is -0.137. The van der Waals surface area contributed by atoms with Gasteiger partial charge in [0.05, 0.1) is 35.6 Å². The fraction of sp³-hybridized carbons (Fsp3) is 0.357. The van der Waals surface area contributed by atoms with Gasteiger partial charge in [-0.1, -0.05) is 12.1 Å². The number of benzene rings is 2. The molecule has 0 radical (unpaired) electrons. The lowest BCUT2D eigenvalue weighted by atomic mass is 9.95. The predicted octanol–water partition coefficient (Wildman–Crippen LogP) is 7.83. The number of aliphatic imine (C=N–C) groups is 2. The van der Waals surface area contributed by atoms with E-state index < -0.39 is 82.5 Å². The maximum atomic E-state index is 12.9. The Kier molecular flexibility index (Phi) is 10.4. The Bertz CT molecular complexity index is 1710. The Labute approximate surface area is 274 Å². The summed E-state index contributed by atoms with van der Waals surface area (Å²) in [5.74, 6) is -0.724. The van der Waals surface area contributed by atoms with Gasteiger partial charge >= 0.3 is 24.7 Å². The van der Waals surface area contributed by atoms with Gasteiger partial charge < -0.3 is 11.5 Å². The minimum absolute atomic E-state index is 0.235. The molecule has 50 heavy (non-hydrogen) atoms. The highest BCUT2D eigenvalue weighted by Gasteiger charge is 2.47. The second kappa shape index (κ2) is 13.4. The van der Waals surface area contributed by atoms with E-state index in [1.165, 1.54) is 13.8 Å². The van der Waals surface area contributed by atoms with Crippen LogP contribution in [0.1, 0.15) is 37.8 Å². The molecule has 2 heterocycles. The Morgan fingerprint density at radius 2 is 0.960 bits per heavy atom. The maximum absolute atomic E-state index is 12.9. The lowest BCUT2D eigenvalue weighted by Gasteiger charge is -2.23. The van der Waals surface area contributed by atoms with E-state index in [2.05, 4.69) is 40.7 Å². The predicted molar refractivity (Wildman–Crippen MR) is 157 cm³/mol. The molecule has 2 atom stereocenters. The average Bonchev–Trinajstić information content (AvgIpc) is 3.62. The van der Waals surface area contributed by atoms with Gasteiger partial charge in [-0.05, 0) is 38.1 Å². The minimum Gasteiger partial charge on any atom is -0.385 e. The van der Waals surface area contributed by atoms with Crippen LogP contribution in [0.4, 0.5) is 75.4 Å². The van der Waals surface area contributed by atoms with Gasteiger partial charge in [-0.25, -0.2) is 19.7 Å². The fourth-order valence-corrected chi connectivity index (χ4v) is 4.19. The van der Waals surface area contributed by atoms with Crippen LogP contribution in [-0.2, 0) is 12.4 Å². The van der Waals surface area contributed by atoms with Crippen LogP contribution in [0, 0.1) is 13.1 Å². The van der Waals surface area contributed by atoms with Crippen molar-refractivity contribution < 1.29 is 52.7 Å². The summed E-state index contributed by atoms with van der Waals surface area (Å²) in [6.45, 7) is 16.1. The molecular formula is C28H22F12N10. The van der Waals surface area contributed by atoms with Crippen molar-refractivity contribution in [2.24, 2.45) is 31.7 Å². The molecule has 22 heteroatoms. The zero-order valence-corrected chi connectivity index (χ0v) is 25.3. The third kappa shape index (κ3) is 8.92. The number of nitrogens with one attached hydrogen (secondary N) is 2. The standard InChI is InChI=1S/2C14H11F6N5/c2*1-12(6-10(24-25-12)14(18,19)20)11(21)23-7-3-4-9(22-2)8(5-7)13(15,16)17/h2*3-5,25H,6H2,1H3,(H2,21,23). The van der Waals surface area contributed by atoms with E-state index in [1.807, 2.05) is 0 Å². The summed E-state index contributed by atoms with van der Waals surface area (Å²) in [6.07, 6.45) is -20.1. The Morgan fingerprint density at radius 3 is 1.20 bits per heavy atom. The number of alkyl halides is 12. The first kappa shape index (κ1) is 38.9. The number of nitrogens with two attached hydrogens (primary N) is 2. The number of nitrogens with zero attached hydrogens (tertiary/aromatic N) is 6. The summed E-state index contributed by atoms with van der Waals surface area (Å²) in [7, 11) is 0. The van der Waals surface area contributed by atoms with Crippen molar-refractivity contribution in [3.63, 3.8) is 0 Å². The van der Waals surface area contributed by atoms with E-state index in [1.54, 1.807) is 0 Å². The van der Waals surface area contributed by atoms with Crippen LogP contribution < -0.4 is 22.3 Å². The molecule has 0 aliphatic carbocycles. The first-order chi connectivity index (χ1) is 22.7. The lowest BCUT2D eigenvalue weighted by Crippen LogP contribution is -2.49. The smallest absolute Gasteiger partial charge is 0.385 e. The molecule has 0 saturated heterocycles. The van der Waals surface area contributed by atoms with Crippen molar-refractivity contribution in [2.45, 2.75) is 62.5 Å². The highest BCUT2D eigenvalue weighted by Crippen LogP contribution is 2.40. The second-order valence-corrected chi connectivity index (χ2v) is 11.0. The largest absolute Gasteiger partial charge is 0.431 e. The average molecular weight is 727 g/mol. The van der Waals surface area contributed by atoms with Crippen molar-refractivity contribution >= 4 is 45.8 Å². The molecule has 2 aromatic rings. The minimum atomic E-state index is -4.78. The monoisotopic (exact) mass is 726 g/mol. The third-order valence-electron chi connectivity index (χ3n) is 7.01. The van der Waals surface area contributed by atoms with Gasteiger partial charge in [-0.15, -0.1) is 0 Å². The molecule has 2 aliphatic rings. The summed E-state index contributed by atoms with van der Waals surface area (Å²) in [6, 6.07) is 5.32. The molecule has 0 spiro atoms. The van der Waals surface area contributed by atoms with E-state index in [-0.39, 0.29) is 23.0 Å². The van der Waals surface area contributed by atoms with Crippen molar-refractivity contribution in [3.05, 3.63) is 70.4 Å². The van der Waals surface area contributed by atoms with Crippen molar-refractivity contribution in [1.29, 1.82) is 0 Å². The summed E-state index contributed by atoms with van der Waals surface area (Å²) in [4.78, 5) is 13.1. The molecule has 2 aromatic carbocycles. The molecule has 0 bridgehead atoms. The van der Waals surface area contributed by atoms with Gasteiger partial charge in [0.1, 0.15) is 34.2 Å². The first-order valence-electron chi connectivity index (χ1n) is 13.4. The van der Waals surface area contributed by atoms with Crippen LogP contribution in [-0.4, -0.2) is 46.5 Å². The maximum Gasteiger partial charge on any atom is 0.431 e. The van der Waals surface area contributed by atoms with Crippen LogP contribution in [0.2, 0.25) is 0 Å². The van der Waals surface area contributed by atoms with E-state index in [9.17, 15) is 52.7 Å². The van der Waals surface area contributed by atoms with Gasteiger partial charge in [0, 0.05) is 12.8 Å². The number of hydrogen-bond acceptors (Lipinski definition) is 6. The summed E-state index contributed by atoms with van der Waals surface area (Å²) >= 11 is 0. The molecule has 0 aromatic heterocycles. The molecule has 0 saturated carbocycles. The number of hydrazone groups is 2. The van der Waals surface area contributed by atoms with Crippen molar-refractivity contribution in [1.82, 2.24) is 10.9 Å². The summed E-state index contributed by atoms with van der Waals surface area (Å²) < 4.78 is 154. The van der Waals surface area contributed by atoms with E-state index in [0.29, 0.717) is 12.1 Å². The third-order valence-corrected chi connectivity index (χ3v) is 7.01. The van der Waals surface area contributed by atoms with Crippen LogP contribution in [0.15, 0.2) is 56.6 Å². The van der Waals surface area contributed by atoms with Gasteiger partial charge in [-0.3, -0.25) is 10.9 Å². The van der Waals surface area contributed by atoms with Crippen molar-refractivity contribution in [2.75, 3.05) is 0 Å². The molecule has 2 unspecified atom stereocenters. The zero-order valence-electron chi connectivity index (χ0n) is 25.3. The molecular weight excluding hydrogens is 704 g/mol. The highest BCUT2D eigenvalue weighted by molar-refractivity contribution is 6.02. The quantitative estimate of drug-likeness (QED) is 0.111. The molecule has 6 N–H and O–H groups in total. The van der Waals surface area contributed by atoms with E-state index >= 15 is 0 Å². The number of rotatable bonds is 4. The van der Waals surface area contributed by atoms with Gasteiger partial charge in [0.25, 0.3) is 0 Å². The summed E-state index contributed by atoms with van der Waals surface area (Å²) in [5, 5.41) is 6.34. The molecule has 0 amide bonds. The molecule has 2 aliphatic heterocycles. The summed E-state index contributed by atoms with van der Waals surface area (Å²) in [5.41, 5.74) is 6.56. The normalized spacial score (nSPS) is 21.5. The van der Waals surface area contributed by atoms with Crippen LogP contribution in [0.25, 0.3) is 9.69 Å². The Morgan fingerprint density at radius 1 is 0.640 bits per heavy atom. The first-order valence-corrected chi connectivity index (χ1v) is 13.4. The SMILES string of the molecule is [C-]#[N+]c1ccc(N=C(N)C2(C)CC(C(F)(F)F)=NN2)cc1C(F)(F)F.[C-]#[N+]c1ccc(N=C(N)C2(C)CC(C(F)(F)F)=NN2)cc1C(F)(F)F. The highest BCUT2D eigenvalue weighted by atomic mass is 19.4. The molecule has 4 rings (SSSR count). The molecule has 10 nitrogen and oxygen atoms in total. The van der Waals surface area contributed by atoms with Crippen molar-refractivity contribution in [3.8, 4) is 0 Å². The van der Waals surface area contributed by atoms with E-state index in [0.717, 1.165) is 24.3 Å². The van der Waals surface area contributed by atoms with Gasteiger partial charge in [0.2, 0.25) is 0 Å². The van der Waals surface area contributed by atoms with Crippen LogP contribution in [0.3, 0.4) is 0 Å². The van der Waals surface area contributed by atoms with Crippen LogP contribution >= 0.6 is 0 Å². The number of hydrogen-bond donors (Lipinski definition) is 4. The fourth-order valence-electron chi connectivity index (χ4n) is 4.19. The number of amidine groups is 2. The molecule has 268 valence electrons. The van der Waals surface area contributed by atoms with Gasteiger partial charge in [0.15, 0.2) is 11.4 Å². The molecule has 0 fully saturated rings. The second-order valence-electron chi connectivity index (χ2n) is 11.0. The van der Waals surface area contributed by atoms with E-state index in [4.69, 9.17) is 24.6 Å². The topological polar surface area (TPSA) is 134 Å². The Balaban J connectivity index is 0.000000270.